The van der Waals surface area contributed by atoms with E-state index in [4.69, 9.17) is 4.74 Å². The highest BCUT2D eigenvalue weighted by Crippen LogP contribution is 2.25. The quantitative estimate of drug-likeness (QED) is 0.774. The average molecular weight is 218 g/mol. The lowest BCUT2D eigenvalue weighted by Crippen LogP contribution is -2.03. The summed E-state index contributed by atoms with van der Waals surface area (Å²) in [6, 6.07) is 4.61. The molecule has 0 aliphatic carbocycles. The monoisotopic (exact) mass is 218 g/mol. The van der Waals surface area contributed by atoms with E-state index in [-0.39, 0.29) is 23.2 Å². The third-order valence-corrected chi connectivity index (χ3v) is 2.15. The van der Waals surface area contributed by atoms with Crippen LogP contribution in [0.1, 0.15) is 17.5 Å². The van der Waals surface area contributed by atoms with Gasteiger partial charge in [-0.05, 0) is 18.2 Å². The summed E-state index contributed by atoms with van der Waals surface area (Å²) in [4.78, 5) is 19.2. The lowest BCUT2D eigenvalue weighted by molar-refractivity contribution is 0.100. The number of carbonyl (C=O) groups is 1. The number of phenols is 1. The molecule has 5 nitrogen and oxygen atoms in total. The largest absolute Gasteiger partial charge is 0.508 e. The van der Waals surface area contributed by atoms with Crippen LogP contribution in [-0.4, -0.2) is 28.0 Å². The highest BCUT2D eigenvalue weighted by molar-refractivity contribution is 5.94. The van der Waals surface area contributed by atoms with Crippen LogP contribution < -0.4 is 4.74 Å². The van der Waals surface area contributed by atoms with Crippen molar-refractivity contribution in [3.8, 4) is 11.6 Å². The van der Waals surface area contributed by atoms with Crippen LogP contribution in [0.2, 0.25) is 0 Å². The standard InChI is InChI=1S/C11H10N2O3/c1-6(14)10-12-9-4-3-7(15)5-8(9)11(13-10)16-2/h3-5,15H,1-2H3. The van der Waals surface area contributed by atoms with E-state index in [0.717, 1.165) is 0 Å². The molecule has 82 valence electrons. The molecule has 0 spiro atoms. The summed E-state index contributed by atoms with van der Waals surface area (Å²) >= 11 is 0. The Hall–Kier alpha value is -2.17. The summed E-state index contributed by atoms with van der Waals surface area (Å²) in [5.41, 5.74) is 0.565. The molecule has 2 aromatic rings. The number of ketones is 1. The van der Waals surface area contributed by atoms with Crippen molar-refractivity contribution < 1.29 is 14.6 Å². The van der Waals surface area contributed by atoms with E-state index in [9.17, 15) is 9.90 Å². The Morgan fingerprint density at radius 2 is 2.12 bits per heavy atom. The zero-order chi connectivity index (χ0) is 11.7. The summed E-state index contributed by atoms with van der Waals surface area (Å²) in [6.07, 6.45) is 0. The third kappa shape index (κ3) is 1.67. The Morgan fingerprint density at radius 3 is 2.75 bits per heavy atom. The number of ether oxygens (including phenoxy) is 1. The predicted octanol–water partition coefficient (Wildman–Crippen LogP) is 1.55. The van der Waals surface area contributed by atoms with Gasteiger partial charge in [-0.15, -0.1) is 0 Å². The zero-order valence-corrected chi connectivity index (χ0v) is 8.89. The molecular weight excluding hydrogens is 208 g/mol. The highest BCUT2D eigenvalue weighted by atomic mass is 16.5. The van der Waals surface area contributed by atoms with Gasteiger partial charge in [0.1, 0.15) is 5.75 Å². The average Bonchev–Trinajstić information content (AvgIpc) is 2.27. The molecule has 0 unspecified atom stereocenters. The van der Waals surface area contributed by atoms with Crippen LogP contribution in [0.15, 0.2) is 18.2 Å². The molecule has 0 bridgehead atoms. The number of fused-ring (bicyclic) bond motifs is 1. The van der Waals surface area contributed by atoms with E-state index in [1.165, 1.54) is 26.2 Å². The number of aromatic nitrogens is 2. The van der Waals surface area contributed by atoms with Gasteiger partial charge < -0.3 is 9.84 Å². The smallest absolute Gasteiger partial charge is 0.224 e. The van der Waals surface area contributed by atoms with Crippen molar-refractivity contribution in [1.82, 2.24) is 9.97 Å². The van der Waals surface area contributed by atoms with Crippen LogP contribution in [0.5, 0.6) is 11.6 Å². The second-order valence-electron chi connectivity index (χ2n) is 3.31. The molecule has 1 aromatic carbocycles. The predicted molar refractivity (Wildman–Crippen MR) is 57.8 cm³/mol. The minimum absolute atomic E-state index is 0.102. The first-order valence-corrected chi connectivity index (χ1v) is 4.67. The van der Waals surface area contributed by atoms with E-state index in [1.54, 1.807) is 6.07 Å². The van der Waals surface area contributed by atoms with Crippen molar-refractivity contribution in [2.24, 2.45) is 0 Å². The molecule has 0 amide bonds. The van der Waals surface area contributed by atoms with Crippen LogP contribution >= 0.6 is 0 Å². The van der Waals surface area contributed by atoms with E-state index < -0.39 is 0 Å². The number of methoxy groups -OCH3 is 1. The number of phenolic OH excluding ortho intramolecular Hbond substituents is 1. The second-order valence-corrected chi connectivity index (χ2v) is 3.31. The number of rotatable bonds is 2. The molecule has 0 saturated carbocycles. The number of Topliss-reactive ketones (excluding diaryl/α,β-unsaturated/α-hetero) is 1. The molecular formula is C11H10N2O3. The number of hydrogen-bond donors (Lipinski definition) is 1. The van der Waals surface area contributed by atoms with Gasteiger partial charge in [0.25, 0.3) is 0 Å². The van der Waals surface area contributed by atoms with Gasteiger partial charge in [0.05, 0.1) is 18.0 Å². The summed E-state index contributed by atoms with van der Waals surface area (Å²) in [5.74, 6) is 0.263. The third-order valence-electron chi connectivity index (χ3n) is 2.15. The first kappa shape index (κ1) is 10.4. The SMILES string of the molecule is COc1nc(C(C)=O)nc2ccc(O)cc12. The fraction of sp³-hybridized carbons (Fsp3) is 0.182. The maximum absolute atomic E-state index is 11.2. The lowest BCUT2D eigenvalue weighted by atomic mass is 10.2. The Labute approximate surface area is 91.7 Å². The number of benzene rings is 1. The minimum atomic E-state index is -0.228. The molecule has 1 aromatic heterocycles. The highest BCUT2D eigenvalue weighted by Gasteiger charge is 2.11. The van der Waals surface area contributed by atoms with Gasteiger partial charge in [-0.25, -0.2) is 4.98 Å². The van der Waals surface area contributed by atoms with Crippen molar-refractivity contribution in [2.75, 3.05) is 7.11 Å². The second kappa shape index (κ2) is 3.77. The topological polar surface area (TPSA) is 72.3 Å². The molecule has 0 fully saturated rings. The molecule has 0 radical (unpaired) electrons. The van der Waals surface area contributed by atoms with Crippen LogP contribution in [0.3, 0.4) is 0 Å². The Bertz CT molecular complexity index is 566. The van der Waals surface area contributed by atoms with E-state index in [0.29, 0.717) is 10.9 Å². The Balaban J connectivity index is 2.78. The normalized spacial score (nSPS) is 10.4. The fourth-order valence-electron chi connectivity index (χ4n) is 1.40. The van der Waals surface area contributed by atoms with E-state index in [1.807, 2.05) is 0 Å². The molecule has 1 N–H and O–H groups in total. The summed E-state index contributed by atoms with van der Waals surface area (Å²) < 4.78 is 5.06. The van der Waals surface area contributed by atoms with Crippen LogP contribution in [-0.2, 0) is 0 Å². The van der Waals surface area contributed by atoms with Crippen LogP contribution in [0, 0.1) is 0 Å². The van der Waals surface area contributed by atoms with Crippen molar-refractivity contribution in [3.05, 3.63) is 24.0 Å². The van der Waals surface area contributed by atoms with Gasteiger partial charge in [-0.2, -0.15) is 4.98 Å². The number of hydrogen-bond acceptors (Lipinski definition) is 5. The van der Waals surface area contributed by atoms with Gasteiger partial charge in [0.2, 0.25) is 5.88 Å². The maximum Gasteiger partial charge on any atom is 0.224 e. The van der Waals surface area contributed by atoms with Crippen molar-refractivity contribution in [1.29, 1.82) is 0 Å². The molecule has 1 heterocycles. The van der Waals surface area contributed by atoms with Gasteiger partial charge in [0.15, 0.2) is 11.6 Å². The fourth-order valence-corrected chi connectivity index (χ4v) is 1.40. The van der Waals surface area contributed by atoms with Crippen molar-refractivity contribution in [3.63, 3.8) is 0 Å². The summed E-state index contributed by atoms with van der Waals surface area (Å²) in [7, 11) is 1.45. The first-order valence-electron chi connectivity index (χ1n) is 4.67. The van der Waals surface area contributed by atoms with Gasteiger partial charge >= 0.3 is 0 Å². The Kier molecular flexibility index (Phi) is 2.44. The van der Waals surface area contributed by atoms with Crippen LogP contribution in [0.25, 0.3) is 10.9 Å². The first-order chi connectivity index (χ1) is 7.61. The molecule has 16 heavy (non-hydrogen) atoms. The summed E-state index contributed by atoms with van der Waals surface area (Å²) in [5, 5.41) is 9.93. The molecule has 2 rings (SSSR count). The minimum Gasteiger partial charge on any atom is -0.508 e. The van der Waals surface area contributed by atoms with Gasteiger partial charge in [0, 0.05) is 6.92 Å². The van der Waals surface area contributed by atoms with Crippen molar-refractivity contribution in [2.45, 2.75) is 6.92 Å². The van der Waals surface area contributed by atoms with Gasteiger partial charge in [-0.3, -0.25) is 4.79 Å². The molecule has 5 heteroatoms. The maximum atomic E-state index is 11.2. The number of carbonyl (C=O) groups excluding carboxylic acids is 1. The molecule has 0 atom stereocenters. The lowest BCUT2D eigenvalue weighted by Gasteiger charge is -2.05. The van der Waals surface area contributed by atoms with E-state index >= 15 is 0 Å². The molecule has 0 saturated heterocycles. The van der Waals surface area contributed by atoms with Gasteiger partial charge in [-0.1, -0.05) is 0 Å². The zero-order valence-electron chi connectivity index (χ0n) is 8.89. The number of nitrogens with zero attached hydrogens (tertiary/aromatic N) is 2. The summed E-state index contributed by atoms with van der Waals surface area (Å²) in [6.45, 7) is 1.39. The van der Waals surface area contributed by atoms with Crippen molar-refractivity contribution >= 4 is 16.7 Å². The molecule has 0 aliphatic heterocycles. The Morgan fingerprint density at radius 1 is 1.38 bits per heavy atom. The van der Waals surface area contributed by atoms with Crippen LogP contribution in [0.4, 0.5) is 0 Å². The number of aromatic hydroxyl groups is 1. The van der Waals surface area contributed by atoms with E-state index in [2.05, 4.69) is 9.97 Å². The molecule has 0 aliphatic rings.